The molecule has 0 amide bonds. The molecule has 3 N–H and O–H groups in total. The first-order valence-electron chi connectivity index (χ1n) is 6.32. The van der Waals surface area contributed by atoms with Crippen LogP contribution in [0.25, 0.3) is 0 Å². The predicted molar refractivity (Wildman–Crippen MR) is 72.0 cm³/mol. The monoisotopic (exact) mass is 248 g/mol. The van der Waals surface area contributed by atoms with Gasteiger partial charge in [0.2, 0.25) is 0 Å². The number of anilines is 1. The first-order chi connectivity index (χ1) is 8.61. The summed E-state index contributed by atoms with van der Waals surface area (Å²) in [5, 5.41) is 11.5. The molecule has 0 aromatic carbocycles. The van der Waals surface area contributed by atoms with Gasteiger partial charge in [-0.15, -0.1) is 0 Å². The smallest absolute Gasteiger partial charge is 0.188 e. The zero-order valence-corrected chi connectivity index (χ0v) is 10.9. The predicted octanol–water partition coefficient (Wildman–Crippen LogP) is 1.80. The van der Waals surface area contributed by atoms with E-state index >= 15 is 0 Å². The number of aromatic nitrogens is 1. The van der Waals surface area contributed by atoms with Crippen molar-refractivity contribution in [1.82, 2.24) is 4.98 Å². The number of oxime groups is 1. The second-order valence-corrected chi connectivity index (χ2v) is 5.16. The molecule has 1 aromatic rings. The molecule has 1 fully saturated rings. The van der Waals surface area contributed by atoms with Gasteiger partial charge in [-0.1, -0.05) is 19.0 Å². The molecule has 1 saturated carbocycles. The Morgan fingerprint density at radius 2 is 2.28 bits per heavy atom. The Morgan fingerprint density at radius 1 is 1.56 bits per heavy atom. The molecule has 0 atom stereocenters. The highest BCUT2D eigenvalue weighted by molar-refractivity contribution is 5.95. The molecule has 1 aliphatic rings. The average molecular weight is 248 g/mol. The van der Waals surface area contributed by atoms with Crippen LogP contribution in [0.5, 0.6) is 0 Å². The molecule has 0 bridgehead atoms. The summed E-state index contributed by atoms with van der Waals surface area (Å²) in [6.45, 7) is 5.47. The van der Waals surface area contributed by atoms with Crippen LogP contribution >= 0.6 is 0 Å². The molecule has 0 saturated heterocycles. The van der Waals surface area contributed by atoms with E-state index in [2.05, 4.69) is 28.9 Å². The average Bonchev–Trinajstić information content (AvgIpc) is 3.19. The van der Waals surface area contributed by atoms with Crippen LogP contribution in [-0.4, -0.2) is 28.6 Å². The second-order valence-electron chi connectivity index (χ2n) is 5.16. The third-order valence-electron chi connectivity index (χ3n) is 3.00. The topological polar surface area (TPSA) is 74.7 Å². The number of hydrogen-bond acceptors (Lipinski definition) is 4. The van der Waals surface area contributed by atoms with Gasteiger partial charge in [-0.05, 0) is 30.9 Å². The van der Waals surface area contributed by atoms with Crippen molar-refractivity contribution < 1.29 is 5.21 Å². The van der Waals surface area contributed by atoms with Crippen molar-refractivity contribution in [3.05, 3.63) is 24.0 Å². The maximum Gasteiger partial charge on any atom is 0.188 e. The van der Waals surface area contributed by atoms with Crippen LogP contribution in [0.4, 0.5) is 5.69 Å². The van der Waals surface area contributed by atoms with E-state index < -0.39 is 0 Å². The maximum atomic E-state index is 8.60. The van der Waals surface area contributed by atoms with Crippen molar-refractivity contribution in [3.8, 4) is 0 Å². The van der Waals surface area contributed by atoms with Crippen LogP contribution in [-0.2, 0) is 0 Å². The first kappa shape index (κ1) is 12.7. The minimum atomic E-state index is 0.0448. The highest BCUT2D eigenvalue weighted by Crippen LogP contribution is 2.31. The van der Waals surface area contributed by atoms with Crippen LogP contribution < -0.4 is 10.6 Å². The lowest BCUT2D eigenvalue weighted by Crippen LogP contribution is -2.30. The molecule has 0 aliphatic heterocycles. The molecule has 1 heterocycles. The van der Waals surface area contributed by atoms with Crippen molar-refractivity contribution in [1.29, 1.82) is 0 Å². The number of nitrogens with two attached hydrogens (primary N) is 1. The van der Waals surface area contributed by atoms with Crippen molar-refractivity contribution >= 4 is 11.5 Å². The lowest BCUT2D eigenvalue weighted by atomic mass is 10.2. The number of nitrogens with zero attached hydrogens (tertiary/aromatic N) is 3. The molecule has 5 heteroatoms. The zero-order valence-electron chi connectivity index (χ0n) is 10.9. The highest BCUT2D eigenvalue weighted by atomic mass is 16.4. The number of rotatable bonds is 5. The minimum Gasteiger partial charge on any atom is -0.409 e. The van der Waals surface area contributed by atoms with Gasteiger partial charge in [0.05, 0.1) is 11.9 Å². The van der Waals surface area contributed by atoms with Crippen molar-refractivity contribution in [2.24, 2.45) is 16.8 Å². The van der Waals surface area contributed by atoms with Crippen molar-refractivity contribution in [3.63, 3.8) is 0 Å². The molecule has 18 heavy (non-hydrogen) atoms. The summed E-state index contributed by atoms with van der Waals surface area (Å²) in [4.78, 5) is 6.63. The Balaban J connectivity index is 2.15. The molecule has 0 radical (unpaired) electrons. The molecule has 0 unspecified atom stereocenters. The number of hydrogen-bond donors (Lipinski definition) is 2. The van der Waals surface area contributed by atoms with Crippen molar-refractivity contribution in [2.45, 2.75) is 32.7 Å². The van der Waals surface area contributed by atoms with E-state index in [-0.39, 0.29) is 5.84 Å². The number of amidine groups is 1. The normalized spacial score (nSPS) is 16.1. The number of pyridine rings is 1. The fourth-order valence-corrected chi connectivity index (χ4v) is 2.00. The summed E-state index contributed by atoms with van der Waals surface area (Å²) in [6.07, 6.45) is 4.32. The molecule has 5 nitrogen and oxygen atoms in total. The van der Waals surface area contributed by atoms with E-state index in [0.717, 1.165) is 12.2 Å². The molecule has 2 rings (SSSR count). The SMILES string of the molecule is CC(C)CN(c1ccc(/C(N)=N/O)nc1)C1CC1. The lowest BCUT2D eigenvalue weighted by molar-refractivity contribution is 0.318. The molecule has 0 spiro atoms. The van der Waals surface area contributed by atoms with Crippen LogP contribution in [0.1, 0.15) is 32.4 Å². The third-order valence-corrected chi connectivity index (χ3v) is 3.00. The van der Waals surface area contributed by atoms with Gasteiger partial charge in [0.1, 0.15) is 5.69 Å². The molecular weight excluding hydrogens is 228 g/mol. The van der Waals surface area contributed by atoms with Crippen LogP contribution in [0.3, 0.4) is 0 Å². The Labute approximate surface area is 107 Å². The van der Waals surface area contributed by atoms with Gasteiger partial charge in [0.15, 0.2) is 5.84 Å². The highest BCUT2D eigenvalue weighted by Gasteiger charge is 2.29. The summed E-state index contributed by atoms with van der Waals surface area (Å²) < 4.78 is 0. The van der Waals surface area contributed by atoms with E-state index in [1.165, 1.54) is 12.8 Å². The van der Waals surface area contributed by atoms with Gasteiger partial charge in [-0.3, -0.25) is 4.98 Å². The summed E-state index contributed by atoms with van der Waals surface area (Å²) >= 11 is 0. The summed E-state index contributed by atoms with van der Waals surface area (Å²) in [7, 11) is 0. The minimum absolute atomic E-state index is 0.0448. The van der Waals surface area contributed by atoms with Gasteiger partial charge in [0.25, 0.3) is 0 Å². The van der Waals surface area contributed by atoms with E-state index in [1.807, 2.05) is 6.07 Å². The molecular formula is C13H20N4O. The first-order valence-corrected chi connectivity index (χ1v) is 6.32. The lowest BCUT2D eigenvalue weighted by Gasteiger charge is -2.26. The molecule has 98 valence electrons. The fourth-order valence-electron chi connectivity index (χ4n) is 2.00. The van der Waals surface area contributed by atoms with E-state index in [9.17, 15) is 0 Å². The molecule has 1 aliphatic carbocycles. The van der Waals surface area contributed by atoms with Crippen LogP contribution in [0, 0.1) is 5.92 Å². The Morgan fingerprint density at radius 3 is 2.72 bits per heavy atom. The standard InChI is InChI=1S/C13H20N4O/c1-9(2)8-17(10-3-4-10)11-5-6-12(15-7-11)13(14)16-18/h5-7,9-10,18H,3-4,8H2,1-2H3,(H2,14,16). The summed E-state index contributed by atoms with van der Waals surface area (Å²) in [5.74, 6) is 0.665. The fraction of sp³-hybridized carbons (Fsp3) is 0.538. The van der Waals surface area contributed by atoms with Gasteiger partial charge in [0, 0.05) is 12.6 Å². The second kappa shape index (κ2) is 5.25. The van der Waals surface area contributed by atoms with Gasteiger partial charge >= 0.3 is 0 Å². The van der Waals surface area contributed by atoms with E-state index in [1.54, 1.807) is 12.3 Å². The van der Waals surface area contributed by atoms with Crippen molar-refractivity contribution in [2.75, 3.05) is 11.4 Å². The Kier molecular flexibility index (Phi) is 3.69. The van der Waals surface area contributed by atoms with Gasteiger partial charge in [-0.2, -0.15) is 0 Å². The third kappa shape index (κ3) is 2.91. The Hall–Kier alpha value is -1.78. The zero-order chi connectivity index (χ0) is 13.1. The quantitative estimate of drug-likeness (QED) is 0.360. The van der Waals surface area contributed by atoms with Crippen LogP contribution in [0.2, 0.25) is 0 Å². The van der Waals surface area contributed by atoms with E-state index in [4.69, 9.17) is 10.9 Å². The molecule has 1 aromatic heterocycles. The van der Waals surface area contributed by atoms with E-state index in [0.29, 0.717) is 17.7 Å². The van der Waals surface area contributed by atoms with Gasteiger partial charge in [-0.25, -0.2) is 0 Å². The summed E-state index contributed by atoms with van der Waals surface area (Å²) in [5.41, 5.74) is 7.11. The van der Waals surface area contributed by atoms with Gasteiger partial charge < -0.3 is 15.8 Å². The summed E-state index contributed by atoms with van der Waals surface area (Å²) in [6, 6.07) is 4.44. The van der Waals surface area contributed by atoms with Crippen LogP contribution in [0.15, 0.2) is 23.5 Å². The maximum absolute atomic E-state index is 8.60. The Bertz CT molecular complexity index is 423. The largest absolute Gasteiger partial charge is 0.409 e.